The van der Waals surface area contributed by atoms with E-state index in [4.69, 9.17) is 4.74 Å². The molecular formula is C11H14IN3O3. The van der Waals surface area contributed by atoms with E-state index in [1.54, 1.807) is 11.8 Å². The van der Waals surface area contributed by atoms with Crippen LogP contribution in [0.2, 0.25) is 0 Å². The van der Waals surface area contributed by atoms with Gasteiger partial charge in [-0.2, -0.15) is 0 Å². The first-order valence-corrected chi connectivity index (χ1v) is 6.75. The van der Waals surface area contributed by atoms with Gasteiger partial charge in [-0.1, -0.05) is 0 Å². The van der Waals surface area contributed by atoms with E-state index in [0.717, 1.165) is 0 Å². The van der Waals surface area contributed by atoms with Crippen molar-refractivity contribution in [2.45, 2.75) is 13.5 Å². The molecule has 1 aromatic heterocycles. The zero-order valence-electron chi connectivity index (χ0n) is 10.1. The summed E-state index contributed by atoms with van der Waals surface area (Å²) in [5.41, 5.74) is -0.162. The predicted molar refractivity (Wildman–Crippen MR) is 73.4 cm³/mol. The number of ether oxygens (including phenoxy) is 1. The SMILES string of the molecule is Cc1ncc(I)c(=O)n1CC(=O)N1CCOCC1. The highest BCUT2D eigenvalue weighted by atomic mass is 127. The average Bonchev–Trinajstić information content (AvgIpc) is 2.40. The molecule has 98 valence electrons. The average molecular weight is 363 g/mol. The topological polar surface area (TPSA) is 64.4 Å². The number of nitrogens with zero attached hydrogens (tertiary/aromatic N) is 3. The molecular weight excluding hydrogens is 349 g/mol. The lowest BCUT2D eigenvalue weighted by molar-refractivity contribution is -0.136. The molecule has 7 heteroatoms. The van der Waals surface area contributed by atoms with Crippen LogP contribution >= 0.6 is 22.6 Å². The Balaban J connectivity index is 2.16. The lowest BCUT2D eigenvalue weighted by Crippen LogP contribution is -2.44. The minimum atomic E-state index is -0.162. The maximum Gasteiger partial charge on any atom is 0.267 e. The molecule has 0 aliphatic carbocycles. The van der Waals surface area contributed by atoms with Crippen LogP contribution < -0.4 is 5.56 Å². The number of carbonyl (C=O) groups excluding carboxylic acids is 1. The number of aromatic nitrogens is 2. The summed E-state index contributed by atoms with van der Waals surface area (Å²) in [6.45, 7) is 4.07. The molecule has 1 aliphatic rings. The second-order valence-electron chi connectivity index (χ2n) is 4.04. The van der Waals surface area contributed by atoms with Crippen molar-refractivity contribution in [1.82, 2.24) is 14.5 Å². The van der Waals surface area contributed by atoms with Gasteiger partial charge >= 0.3 is 0 Å². The minimum Gasteiger partial charge on any atom is -0.378 e. The quantitative estimate of drug-likeness (QED) is 0.695. The lowest BCUT2D eigenvalue weighted by atomic mass is 10.4. The molecule has 1 aromatic rings. The molecule has 1 aliphatic heterocycles. The fourth-order valence-corrected chi connectivity index (χ4v) is 2.22. The van der Waals surface area contributed by atoms with Crippen LogP contribution in [0.3, 0.4) is 0 Å². The molecule has 0 bridgehead atoms. The summed E-state index contributed by atoms with van der Waals surface area (Å²) in [5.74, 6) is 0.495. The summed E-state index contributed by atoms with van der Waals surface area (Å²) in [6.07, 6.45) is 1.52. The Hall–Kier alpha value is -0.960. The van der Waals surface area contributed by atoms with E-state index < -0.39 is 0 Å². The van der Waals surface area contributed by atoms with Crippen molar-refractivity contribution in [3.05, 3.63) is 25.9 Å². The highest BCUT2D eigenvalue weighted by Crippen LogP contribution is 2.02. The maximum atomic E-state index is 12.1. The number of aryl methyl sites for hydroxylation is 1. The first-order chi connectivity index (χ1) is 8.59. The van der Waals surface area contributed by atoms with Crippen LogP contribution in [0.4, 0.5) is 0 Å². The summed E-state index contributed by atoms with van der Waals surface area (Å²) in [6, 6.07) is 0. The van der Waals surface area contributed by atoms with Gasteiger partial charge in [0.25, 0.3) is 5.56 Å². The molecule has 1 saturated heterocycles. The second kappa shape index (κ2) is 5.79. The van der Waals surface area contributed by atoms with Gasteiger partial charge in [0.2, 0.25) is 5.91 Å². The number of hydrogen-bond acceptors (Lipinski definition) is 4. The molecule has 6 nitrogen and oxygen atoms in total. The largest absolute Gasteiger partial charge is 0.378 e. The Kier molecular flexibility index (Phi) is 4.33. The fourth-order valence-electron chi connectivity index (χ4n) is 1.79. The maximum absolute atomic E-state index is 12.1. The summed E-state index contributed by atoms with van der Waals surface area (Å²) in [5, 5.41) is 0. The third kappa shape index (κ3) is 2.89. The molecule has 0 saturated carbocycles. The van der Waals surface area contributed by atoms with Crippen LogP contribution in [-0.2, 0) is 16.1 Å². The normalized spacial score (nSPS) is 15.8. The van der Waals surface area contributed by atoms with Crippen molar-refractivity contribution < 1.29 is 9.53 Å². The van der Waals surface area contributed by atoms with Crippen molar-refractivity contribution in [2.75, 3.05) is 26.3 Å². The van der Waals surface area contributed by atoms with Crippen molar-refractivity contribution >= 4 is 28.5 Å². The summed E-state index contributed by atoms with van der Waals surface area (Å²) >= 11 is 1.93. The molecule has 1 amide bonds. The number of carbonyl (C=O) groups is 1. The molecule has 0 atom stereocenters. The zero-order valence-corrected chi connectivity index (χ0v) is 12.2. The third-order valence-corrected chi connectivity index (χ3v) is 3.60. The van der Waals surface area contributed by atoms with Crippen LogP contribution in [0.5, 0.6) is 0 Å². The van der Waals surface area contributed by atoms with Gasteiger partial charge in [-0.05, 0) is 29.5 Å². The van der Waals surface area contributed by atoms with Gasteiger partial charge in [0.1, 0.15) is 12.4 Å². The van der Waals surface area contributed by atoms with Gasteiger partial charge in [0.05, 0.1) is 16.8 Å². The fraction of sp³-hybridized carbons (Fsp3) is 0.545. The zero-order chi connectivity index (χ0) is 13.1. The Morgan fingerprint density at radius 3 is 2.83 bits per heavy atom. The van der Waals surface area contributed by atoms with E-state index in [-0.39, 0.29) is 18.0 Å². The molecule has 0 radical (unpaired) electrons. The smallest absolute Gasteiger partial charge is 0.267 e. The molecule has 0 N–H and O–H groups in total. The highest BCUT2D eigenvalue weighted by molar-refractivity contribution is 14.1. The molecule has 2 heterocycles. The molecule has 0 unspecified atom stereocenters. The Labute approximate surface area is 118 Å². The van der Waals surface area contributed by atoms with Crippen molar-refractivity contribution in [3.8, 4) is 0 Å². The van der Waals surface area contributed by atoms with Crippen LogP contribution in [0.1, 0.15) is 5.82 Å². The predicted octanol–water partition coefficient (Wildman–Crippen LogP) is 0.0151. The summed E-state index contributed by atoms with van der Waals surface area (Å²) in [4.78, 5) is 29.8. The monoisotopic (exact) mass is 363 g/mol. The van der Waals surface area contributed by atoms with Gasteiger partial charge < -0.3 is 9.64 Å². The molecule has 18 heavy (non-hydrogen) atoms. The highest BCUT2D eigenvalue weighted by Gasteiger charge is 2.18. The summed E-state index contributed by atoms with van der Waals surface area (Å²) in [7, 11) is 0. The van der Waals surface area contributed by atoms with Gasteiger partial charge in [0.15, 0.2) is 0 Å². The standard InChI is InChI=1S/C11H14IN3O3/c1-8-13-6-9(12)11(17)15(8)7-10(16)14-2-4-18-5-3-14/h6H,2-5,7H2,1H3. The summed E-state index contributed by atoms with van der Waals surface area (Å²) < 4.78 is 7.13. The molecule has 0 spiro atoms. The lowest BCUT2D eigenvalue weighted by Gasteiger charge is -2.27. The van der Waals surface area contributed by atoms with Crippen LogP contribution in [0.15, 0.2) is 11.0 Å². The minimum absolute atomic E-state index is 0.0501. The van der Waals surface area contributed by atoms with E-state index in [0.29, 0.717) is 35.7 Å². The van der Waals surface area contributed by atoms with Crippen molar-refractivity contribution in [1.29, 1.82) is 0 Å². The van der Waals surface area contributed by atoms with Gasteiger partial charge in [-0.25, -0.2) is 4.98 Å². The first-order valence-electron chi connectivity index (χ1n) is 5.67. The van der Waals surface area contributed by atoms with E-state index in [1.165, 1.54) is 10.8 Å². The van der Waals surface area contributed by atoms with E-state index in [1.807, 2.05) is 22.6 Å². The molecule has 0 aromatic carbocycles. The first kappa shape index (κ1) is 13.5. The number of amides is 1. The number of halogens is 1. The van der Waals surface area contributed by atoms with Crippen LogP contribution in [-0.4, -0.2) is 46.7 Å². The Morgan fingerprint density at radius 2 is 2.17 bits per heavy atom. The van der Waals surface area contributed by atoms with E-state index in [2.05, 4.69) is 4.98 Å². The Bertz CT molecular complexity index is 509. The second-order valence-corrected chi connectivity index (χ2v) is 5.20. The van der Waals surface area contributed by atoms with Crippen molar-refractivity contribution in [3.63, 3.8) is 0 Å². The van der Waals surface area contributed by atoms with Gasteiger partial charge in [-0.3, -0.25) is 14.2 Å². The molecule has 2 rings (SSSR count). The van der Waals surface area contributed by atoms with Gasteiger partial charge in [-0.15, -0.1) is 0 Å². The number of hydrogen-bond donors (Lipinski definition) is 0. The van der Waals surface area contributed by atoms with E-state index in [9.17, 15) is 9.59 Å². The van der Waals surface area contributed by atoms with Crippen LogP contribution in [0.25, 0.3) is 0 Å². The van der Waals surface area contributed by atoms with Gasteiger partial charge in [0, 0.05) is 19.3 Å². The Morgan fingerprint density at radius 1 is 1.50 bits per heavy atom. The van der Waals surface area contributed by atoms with E-state index >= 15 is 0 Å². The van der Waals surface area contributed by atoms with Crippen molar-refractivity contribution in [2.24, 2.45) is 0 Å². The number of morpholine rings is 1. The third-order valence-electron chi connectivity index (χ3n) is 2.86. The molecule has 1 fully saturated rings. The number of rotatable bonds is 2. The van der Waals surface area contributed by atoms with Crippen LogP contribution in [0, 0.1) is 10.5 Å².